The van der Waals surface area contributed by atoms with Crippen LogP contribution in [0.15, 0.2) is 0 Å². The molecule has 0 rings (SSSR count). The molecule has 0 amide bonds. The van der Waals surface area contributed by atoms with Crippen LogP contribution in [0, 0.1) is 23.7 Å². The van der Waals surface area contributed by atoms with Crippen molar-refractivity contribution in [2.24, 2.45) is 23.7 Å². The maximum Gasteiger partial charge on any atom is 0.472 e. The lowest BCUT2D eigenvalue weighted by Gasteiger charge is -2.21. The van der Waals surface area contributed by atoms with Gasteiger partial charge in [0.25, 0.3) is 0 Å². The van der Waals surface area contributed by atoms with Crippen LogP contribution in [0.1, 0.15) is 370 Å². The standard InChI is InChI=1S/C74H144O17P2/c1-9-65(6)51-43-35-26-22-20-18-16-14-12-13-15-17-19-21-23-28-40-48-56-73(78)90-69(60-84-71(76)54-46-38-32-30-34-42-50-64(4)5)62-88-92(80,81)86-58-68(75)59-87-93(82,83)89-63-70(61-85-72(77)55-47-39-33-31-37-45-53-67(8)11-3)91-74(79)57-49-41-29-25-24-27-36-44-52-66(7)10-2/h64-70,75H,9-63H2,1-8H3,(H,80,81)(H,82,83)/t65?,66?,67?,68-,69-,70-/m1/s1. The van der Waals surface area contributed by atoms with E-state index in [1.807, 2.05) is 0 Å². The number of ether oxygens (including phenoxy) is 4. The van der Waals surface area contributed by atoms with Gasteiger partial charge in [0.05, 0.1) is 26.4 Å². The summed E-state index contributed by atoms with van der Waals surface area (Å²) in [6.45, 7) is 14.1. The van der Waals surface area contributed by atoms with E-state index in [-0.39, 0.29) is 25.7 Å². The summed E-state index contributed by atoms with van der Waals surface area (Å²) in [4.78, 5) is 72.6. The van der Waals surface area contributed by atoms with E-state index in [0.29, 0.717) is 31.6 Å². The minimum absolute atomic E-state index is 0.104. The number of aliphatic hydroxyl groups is 1. The van der Waals surface area contributed by atoms with Gasteiger partial charge in [-0.05, 0) is 49.4 Å². The molecule has 0 saturated carbocycles. The van der Waals surface area contributed by atoms with Gasteiger partial charge in [-0.25, -0.2) is 9.13 Å². The van der Waals surface area contributed by atoms with E-state index in [1.165, 1.54) is 161 Å². The highest BCUT2D eigenvalue weighted by Gasteiger charge is 2.30. The van der Waals surface area contributed by atoms with E-state index >= 15 is 0 Å². The van der Waals surface area contributed by atoms with Crippen molar-refractivity contribution in [3.05, 3.63) is 0 Å². The number of esters is 4. The van der Waals surface area contributed by atoms with Crippen LogP contribution in [0.2, 0.25) is 0 Å². The highest BCUT2D eigenvalue weighted by atomic mass is 31.2. The minimum atomic E-state index is -4.95. The summed E-state index contributed by atoms with van der Waals surface area (Å²) < 4.78 is 68.3. The Morgan fingerprint density at radius 3 is 0.763 bits per heavy atom. The maximum absolute atomic E-state index is 13.0. The Balaban J connectivity index is 5.15. The van der Waals surface area contributed by atoms with Crippen LogP contribution in [-0.2, 0) is 65.4 Å². The number of carbonyl (C=O) groups is 4. The van der Waals surface area contributed by atoms with Crippen molar-refractivity contribution < 1.29 is 80.2 Å². The molecule has 0 aliphatic carbocycles. The van der Waals surface area contributed by atoms with Crippen LogP contribution in [0.3, 0.4) is 0 Å². The molecule has 0 aliphatic heterocycles. The molecule has 0 fully saturated rings. The Hall–Kier alpha value is -1.94. The Kier molecular flexibility index (Phi) is 62.2. The Morgan fingerprint density at radius 1 is 0.301 bits per heavy atom. The van der Waals surface area contributed by atoms with E-state index in [1.54, 1.807) is 0 Å². The lowest BCUT2D eigenvalue weighted by molar-refractivity contribution is -0.161. The molecule has 0 heterocycles. The van der Waals surface area contributed by atoms with Crippen LogP contribution in [0.25, 0.3) is 0 Å². The molecule has 19 heteroatoms. The fraction of sp³-hybridized carbons (Fsp3) is 0.946. The first kappa shape index (κ1) is 91.1. The second kappa shape index (κ2) is 63.5. The third-order valence-electron chi connectivity index (χ3n) is 18.2. The lowest BCUT2D eigenvalue weighted by atomic mass is 9.99. The molecule has 0 aromatic heterocycles. The van der Waals surface area contributed by atoms with Gasteiger partial charge < -0.3 is 33.8 Å². The molecule has 0 aromatic rings. The number of aliphatic hydroxyl groups excluding tert-OH is 1. The Morgan fingerprint density at radius 2 is 0.516 bits per heavy atom. The van der Waals surface area contributed by atoms with Crippen molar-refractivity contribution in [2.75, 3.05) is 39.6 Å². The first-order chi connectivity index (χ1) is 44.7. The molecule has 0 radical (unpaired) electrons. The first-order valence-electron chi connectivity index (χ1n) is 38.3. The molecule has 552 valence electrons. The summed E-state index contributed by atoms with van der Waals surface area (Å²) >= 11 is 0. The van der Waals surface area contributed by atoms with Gasteiger partial charge in [-0.2, -0.15) is 0 Å². The topological polar surface area (TPSA) is 237 Å². The van der Waals surface area contributed by atoms with Gasteiger partial charge in [-0.1, -0.05) is 319 Å². The highest BCUT2D eigenvalue weighted by molar-refractivity contribution is 7.47. The lowest BCUT2D eigenvalue weighted by Crippen LogP contribution is -2.30. The predicted octanol–water partition coefficient (Wildman–Crippen LogP) is 21.3. The fourth-order valence-corrected chi connectivity index (χ4v) is 12.7. The number of phosphoric acid groups is 2. The molecule has 0 spiro atoms. The highest BCUT2D eigenvalue weighted by Crippen LogP contribution is 2.45. The second-order valence-corrected chi connectivity index (χ2v) is 30.8. The van der Waals surface area contributed by atoms with E-state index < -0.39 is 97.5 Å². The van der Waals surface area contributed by atoms with Gasteiger partial charge in [-0.3, -0.25) is 37.3 Å². The Bertz CT molecular complexity index is 1840. The van der Waals surface area contributed by atoms with Gasteiger partial charge in [0, 0.05) is 25.7 Å². The molecule has 8 atom stereocenters. The molecule has 0 aromatic carbocycles. The summed E-state index contributed by atoms with van der Waals surface area (Å²) in [6, 6.07) is 0. The summed E-state index contributed by atoms with van der Waals surface area (Å²) in [6.07, 6.45) is 47.5. The average Bonchev–Trinajstić information content (AvgIpc) is 3.67. The minimum Gasteiger partial charge on any atom is -0.462 e. The summed E-state index contributed by atoms with van der Waals surface area (Å²) in [5, 5.41) is 10.6. The third-order valence-corrected chi connectivity index (χ3v) is 20.1. The molecule has 0 bridgehead atoms. The van der Waals surface area contributed by atoms with Gasteiger partial charge in [0.1, 0.15) is 19.3 Å². The zero-order valence-electron chi connectivity index (χ0n) is 60.9. The van der Waals surface area contributed by atoms with E-state index in [9.17, 15) is 43.2 Å². The zero-order valence-corrected chi connectivity index (χ0v) is 62.7. The van der Waals surface area contributed by atoms with Crippen molar-refractivity contribution in [3.8, 4) is 0 Å². The van der Waals surface area contributed by atoms with Crippen LogP contribution in [0.4, 0.5) is 0 Å². The normalized spacial score (nSPS) is 15.1. The fourth-order valence-electron chi connectivity index (χ4n) is 11.1. The number of hydrogen-bond acceptors (Lipinski definition) is 15. The number of carbonyl (C=O) groups excluding carboxylic acids is 4. The van der Waals surface area contributed by atoms with Crippen molar-refractivity contribution >= 4 is 39.5 Å². The summed E-state index contributed by atoms with van der Waals surface area (Å²) in [5.74, 6) is 0.921. The van der Waals surface area contributed by atoms with Crippen molar-refractivity contribution in [3.63, 3.8) is 0 Å². The van der Waals surface area contributed by atoms with Crippen molar-refractivity contribution in [1.29, 1.82) is 0 Å². The second-order valence-electron chi connectivity index (χ2n) is 27.9. The van der Waals surface area contributed by atoms with Crippen molar-refractivity contribution in [1.82, 2.24) is 0 Å². The molecule has 93 heavy (non-hydrogen) atoms. The van der Waals surface area contributed by atoms with Crippen LogP contribution in [0.5, 0.6) is 0 Å². The number of unbranched alkanes of at least 4 members (excludes halogenated alkanes) is 34. The van der Waals surface area contributed by atoms with Crippen molar-refractivity contribution in [2.45, 2.75) is 388 Å². The summed E-state index contributed by atoms with van der Waals surface area (Å²) in [5.41, 5.74) is 0. The van der Waals surface area contributed by atoms with Crippen LogP contribution in [-0.4, -0.2) is 96.7 Å². The monoisotopic (exact) mass is 1370 g/mol. The SMILES string of the molecule is CCC(C)CCCCCCCCCCCCCCCCCCCCC(=O)O[C@H](COC(=O)CCCCCCCCC(C)C)COP(=O)(O)OC[C@@H](O)COP(=O)(O)OC[C@@H](COC(=O)CCCCCCCCC(C)CC)OC(=O)CCCCCCCCCCC(C)CC. The van der Waals surface area contributed by atoms with Crippen LogP contribution >= 0.6 is 15.6 Å². The molecular formula is C74H144O17P2. The number of rotatable bonds is 71. The predicted molar refractivity (Wildman–Crippen MR) is 377 cm³/mol. The molecule has 0 aliphatic rings. The smallest absolute Gasteiger partial charge is 0.462 e. The van der Waals surface area contributed by atoms with E-state index in [2.05, 4.69) is 55.4 Å². The Labute approximate surface area is 568 Å². The molecule has 0 saturated heterocycles. The number of hydrogen-bond donors (Lipinski definition) is 3. The summed E-state index contributed by atoms with van der Waals surface area (Å²) in [7, 11) is -9.91. The number of phosphoric ester groups is 2. The van der Waals surface area contributed by atoms with Gasteiger partial charge in [0.15, 0.2) is 12.2 Å². The van der Waals surface area contributed by atoms with Crippen LogP contribution < -0.4 is 0 Å². The first-order valence-corrected chi connectivity index (χ1v) is 41.3. The largest absolute Gasteiger partial charge is 0.472 e. The maximum atomic E-state index is 13.0. The van der Waals surface area contributed by atoms with E-state index in [4.69, 9.17) is 37.0 Å². The van der Waals surface area contributed by atoms with E-state index in [0.717, 1.165) is 120 Å². The van der Waals surface area contributed by atoms with Gasteiger partial charge >= 0.3 is 39.5 Å². The average molecular weight is 1370 g/mol. The quantitative estimate of drug-likeness (QED) is 0.0222. The molecule has 17 nitrogen and oxygen atoms in total. The molecule has 5 unspecified atom stereocenters. The molecule has 3 N–H and O–H groups in total. The zero-order chi connectivity index (χ0) is 68.9. The third kappa shape index (κ3) is 64.5. The van der Waals surface area contributed by atoms with Gasteiger partial charge in [-0.15, -0.1) is 0 Å². The molecular weight excluding hydrogens is 1220 g/mol. The van der Waals surface area contributed by atoms with Gasteiger partial charge in [0.2, 0.25) is 0 Å².